The van der Waals surface area contributed by atoms with Crippen molar-refractivity contribution in [1.29, 1.82) is 0 Å². The van der Waals surface area contributed by atoms with E-state index in [0.717, 1.165) is 24.1 Å². The van der Waals surface area contributed by atoms with Crippen molar-refractivity contribution in [2.45, 2.75) is 26.4 Å². The molecule has 1 unspecified atom stereocenters. The van der Waals surface area contributed by atoms with Crippen molar-refractivity contribution in [2.24, 2.45) is 0 Å². The number of hydrogen-bond donors (Lipinski definition) is 1. The van der Waals surface area contributed by atoms with E-state index in [4.69, 9.17) is 9.47 Å². The maximum Gasteiger partial charge on any atom is 0.255 e. The average Bonchev–Trinajstić information content (AvgIpc) is 2.85. The molecule has 0 saturated heterocycles. The van der Waals surface area contributed by atoms with Gasteiger partial charge in [0.1, 0.15) is 29.2 Å². The fraction of sp³-hybridized carbons (Fsp3) is 0.278. The molecule has 1 N–H and O–H groups in total. The molecule has 24 heavy (non-hydrogen) atoms. The summed E-state index contributed by atoms with van der Waals surface area (Å²) in [5.41, 5.74) is 1.30. The molecular weight excluding hydrogens is 316 g/mol. The number of nitrogens with one attached hydrogen (secondary N) is 1. The highest BCUT2D eigenvalue weighted by molar-refractivity contribution is 6.05. The van der Waals surface area contributed by atoms with E-state index in [1.807, 2.05) is 19.9 Å². The van der Waals surface area contributed by atoms with E-state index >= 15 is 0 Å². The fourth-order valence-electron chi connectivity index (χ4n) is 2.69. The largest absolute Gasteiger partial charge is 0.492 e. The van der Waals surface area contributed by atoms with Crippen LogP contribution in [0.2, 0.25) is 0 Å². The Balaban J connectivity index is 1.91. The Morgan fingerprint density at radius 2 is 1.96 bits per heavy atom. The third-order valence-electron chi connectivity index (χ3n) is 3.67. The van der Waals surface area contributed by atoms with Crippen LogP contribution >= 0.6 is 0 Å². The van der Waals surface area contributed by atoms with Gasteiger partial charge in [0.15, 0.2) is 0 Å². The van der Waals surface area contributed by atoms with E-state index in [2.05, 4.69) is 5.32 Å². The second-order valence-electron chi connectivity index (χ2n) is 5.63. The summed E-state index contributed by atoms with van der Waals surface area (Å²) in [5.74, 6) is -1.07. The molecule has 1 heterocycles. The minimum Gasteiger partial charge on any atom is -0.492 e. The zero-order valence-electron chi connectivity index (χ0n) is 13.4. The van der Waals surface area contributed by atoms with Gasteiger partial charge in [0.05, 0.1) is 12.3 Å². The van der Waals surface area contributed by atoms with Crippen LogP contribution in [0.15, 0.2) is 30.3 Å². The monoisotopic (exact) mass is 333 g/mol. The van der Waals surface area contributed by atoms with Gasteiger partial charge in [0.25, 0.3) is 5.91 Å². The van der Waals surface area contributed by atoms with Gasteiger partial charge in [-0.05, 0) is 32.0 Å². The summed E-state index contributed by atoms with van der Waals surface area (Å²) in [4.78, 5) is 12.3. The SMILES string of the molecule is CCOc1cc2c(cc1NC(=O)c1cc(F)cc(F)c1)OC(C)C2. The average molecular weight is 333 g/mol. The second-order valence-corrected chi connectivity index (χ2v) is 5.63. The fourth-order valence-corrected chi connectivity index (χ4v) is 2.69. The normalized spacial score (nSPS) is 15.6. The van der Waals surface area contributed by atoms with E-state index in [0.29, 0.717) is 29.9 Å². The van der Waals surface area contributed by atoms with Gasteiger partial charge in [0, 0.05) is 29.7 Å². The first-order valence-corrected chi connectivity index (χ1v) is 7.70. The van der Waals surface area contributed by atoms with Crippen molar-refractivity contribution < 1.29 is 23.0 Å². The van der Waals surface area contributed by atoms with Gasteiger partial charge in [-0.2, -0.15) is 0 Å². The number of anilines is 1. The summed E-state index contributed by atoms with van der Waals surface area (Å²) >= 11 is 0. The third-order valence-corrected chi connectivity index (χ3v) is 3.67. The predicted octanol–water partition coefficient (Wildman–Crippen LogP) is 3.94. The summed E-state index contributed by atoms with van der Waals surface area (Å²) in [5, 5.41) is 2.63. The van der Waals surface area contributed by atoms with Gasteiger partial charge >= 0.3 is 0 Å². The molecule has 3 rings (SSSR count). The molecule has 0 aromatic heterocycles. The van der Waals surface area contributed by atoms with Crippen molar-refractivity contribution in [3.8, 4) is 11.5 Å². The molecular formula is C18H17F2NO3. The first-order valence-electron chi connectivity index (χ1n) is 7.70. The number of carbonyl (C=O) groups is 1. The number of ether oxygens (including phenoxy) is 2. The lowest BCUT2D eigenvalue weighted by atomic mass is 10.1. The Kier molecular flexibility index (Phi) is 4.38. The van der Waals surface area contributed by atoms with Gasteiger partial charge in [-0.3, -0.25) is 4.79 Å². The van der Waals surface area contributed by atoms with Crippen LogP contribution in [0.4, 0.5) is 14.5 Å². The minimum atomic E-state index is -0.809. The van der Waals surface area contributed by atoms with E-state index in [1.165, 1.54) is 0 Å². The van der Waals surface area contributed by atoms with Crippen LogP contribution in [0.5, 0.6) is 11.5 Å². The molecule has 0 bridgehead atoms. The van der Waals surface area contributed by atoms with E-state index in [9.17, 15) is 13.6 Å². The van der Waals surface area contributed by atoms with Crippen LogP contribution in [0, 0.1) is 11.6 Å². The molecule has 126 valence electrons. The molecule has 1 aliphatic rings. The van der Waals surface area contributed by atoms with Gasteiger partial charge in [-0.15, -0.1) is 0 Å². The second kappa shape index (κ2) is 6.47. The summed E-state index contributed by atoms with van der Waals surface area (Å²) in [7, 11) is 0. The number of hydrogen-bond acceptors (Lipinski definition) is 3. The Morgan fingerprint density at radius 3 is 2.62 bits per heavy atom. The first kappa shape index (κ1) is 16.2. The number of amides is 1. The molecule has 0 spiro atoms. The maximum absolute atomic E-state index is 13.3. The topological polar surface area (TPSA) is 47.6 Å². The molecule has 2 aromatic carbocycles. The standard InChI is InChI=1S/C18H17F2NO3/c1-3-23-17-7-11-4-10(2)24-16(11)9-15(17)21-18(22)12-5-13(19)8-14(20)6-12/h5-10H,3-4H2,1-2H3,(H,21,22). The lowest BCUT2D eigenvalue weighted by Gasteiger charge is -2.13. The molecule has 1 amide bonds. The van der Waals surface area contributed by atoms with Crippen LogP contribution in [0.3, 0.4) is 0 Å². The van der Waals surface area contributed by atoms with Crippen LogP contribution in [0.1, 0.15) is 29.8 Å². The molecule has 0 aliphatic carbocycles. The van der Waals surface area contributed by atoms with E-state index in [1.54, 1.807) is 6.07 Å². The van der Waals surface area contributed by atoms with Gasteiger partial charge in [-0.25, -0.2) is 8.78 Å². The molecule has 4 nitrogen and oxygen atoms in total. The first-order chi connectivity index (χ1) is 11.5. The van der Waals surface area contributed by atoms with Crippen LogP contribution in [-0.2, 0) is 6.42 Å². The Morgan fingerprint density at radius 1 is 1.25 bits per heavy atom. The van der Waals surface area contributed by atoms with Crippen LogP contribution in [0.25, 0.3) is 0 Å². The highest BCUT2D eigenvalue weighted by atomic mass is 19.1. The Labute approximate surface area is 138 Å². The van der Waals surface area contributed by atoms with E-state index < -0.39 is 17.5 Å². The number of carbonyl (C=O) groups excluding carboxylic acids is 1. The molecule has 0 saturated carbocycles. The molecule has 0 fully saturated rings. The minimum absolute atomic E-state index is 0.0535. The van der Waals surface area contributed by atoms with E-state index in [-0.39, 0.29) is 11.7 Å². The molecule has 0 radical (unpaired) electrons. The number of rotatable bonds is 4. The quantitative estimate of drug-likeness (QED) is 0.922. The molecule has 2 aromatic rings. The maximum atomic E-state index is 13.3. The zero-order chi connectivity index (χ0) is 17.3. The summed E-state index contributed by atoms with van der Waals surface area (Å²) in [6.07, 6.45) is 0.816. The summed E-state index contributed by atoms with van der Waals surface area (Å²) < 4.78 is 37.8. The van der Waals surface area contributed by atoms with Crippen molar-refractivity contribution in [3.05, 3.63) is 53.1 Å². The molecule has 6 heteroatoms. The highest BCUT2D eigenvalue weighted by Gasteiger charge is 2.23. The lowest BCUT2D eigenvalue weighted by Crippen LogP contribution is -2.14. The van der Waals surface area contributed by atoms with Crippen molar-refractivity contribution in [3.63, 3.8) is 0 Å². The summed E-state index contributed by atoms with van der Waals surface area (Å²) in [6.45, 7) is 4.21. The number of fused-ring (bicyclic) bond motifs is 1. The van der Waals surface area contributed by atoms with Crippen LogP contribution in [-0.4, -0.2) is 18.6 Å². The van der Waals surface area contributed by atoms with Gasteiger partial charge < -0.3 is 14.8 Å². The lowest BCUT2D eigenvalue weighted by molar-refractivity contribution is 0.102. The zero-order valence-corrected chi connectivity index (χ0v) is 13.4. The van der Waals surface area contributed by atoms with Gasteiger partial charge in [0.2, 0.25) is 0 Å². The highest BCUT2D eigenvalue weighted by Crippen LogP contribution is 2.38. The summed E-state index contributed by atoms with van der Waals surface area (Å²) in [6, 6.07) is 6.17. The third kappa shape index (κ3) is 3.32. The van der Waals surface area contributed by atoms with Crippen molar-refractivity contribution in [1.82, 2.24) is 0 Å². The van der Waals surface area contributed by atoms with Crippen LogP contribution < -0.4 is 14.8 Å². The number of halogens is 2. The van der Waals surface area contributed by atoms with Gasteiger partial charge in [-0.1, -0.05) is 0 Å². The smallest absolute Gasteiger partial charge is 0.255 e. The van der Waals surface area contributed by atoms with Crippen molar-refractivity contribution >= 4 is 11.6 Å². The Hall–Kier alpha value is -2.63. The van der Waals surface area contributed by atoms with Crippen molar-refractivity contribution in [2.75, 3.05) is 11.9 Å². The number of benzene rings is 2. The Bertz CT molecular complexity index is 772. The molecule has 1 aliphatic heterocycles. The predicted molar refractivity (Wildman–Crippen MR) is 85.7 cm³/mol. The molecule has 1 atom stereocenters.